The van der Waals surface area contributed by atoms with Crippen molar-refractivity contribution >= 4 is 52.0 Å². The van der Waals surface area contributed by atoms with Gasteiger partial charge >= 0.3 is 0 Å². The smallest absolute Gasteiger partial charge is 0.270 e. The van der Waals surface area contributed by atoms with Gasteiger partial charge in [0.05, 0.1) is 16.9 Å². The Hall–Kier alpha value is -2.81. The van der Waals surface area contributed by atoms with Crippen LogP contribution in [0.5, 0.6) is 0 Å². The Labute approximate surface area is 177 Å². The average Bonchev–Trinajstić information content (AvgIpc) is 2.60. The number of nitrogens with two attached hydrogens (primary N) is 2. The molecule has 0 fully saturated rings. The first kappa shape index (κ1) is 21.5. The average molecular weight is 438 g/mol. The van der Waals surface area contributed by atoms with E-state index < -0.39 is 0 Å². The van der Waals surface area contributed by atoms with Crippen molar-refractivity contribution < 1.29 is 17.8 Å². The number of aryl methyl sites for hydroxylation is 1. The van der Waals surface area contributed by atoms with Crippen LogP contribution in [0.25, 0.3) is 0 Å². The summed E-state index contributed by atoms with van der Waals surface area (Å²) in [7, 11) is 0. The van der Waals surface area contributed by atoms with Gasteiger partial charge < -0.3 is 17.7 Å². The molecule has 3 rings (SSSR count). The third-order valence-electron chi connectivity index (χ3n) is 3.51. The Morgan fingerprint density at radius 3 is 2.21 bits per heavy atom. The maximum Gasteiger partial charge on any atom is 0.270 e. The maximum absolute atomic E-state index is 5.77. The highest BCUT2D eigenvalue weighted by molar-refractivity contribution is 6.31. The molecule has 0 atom stereocenters. The van der Waals surface area contributed by atoms with Crippen molar-refractivity contribution in [1.29, 1.82) is 0 Å². The number of rotatable bonds is 5. The lowest BCUT2D eigenvalue weighted by Crippen LogP contribution is -3.00. The van der Waals surface area contributed by atoms with E-state index in [9.17, 15) is 0 Å². The minimum Gasteiger partial charge on any atom is -1.00 e. The summed E-state index contributed by atoms with van der Waals surface area (Å²) in [5, 5.41) is 17.1. The summed E-state index contributed by atoms with van der Waals surface area (Å²) in [6.45, 7) is 1.92. The van der Waals surface area contributed by atoms with Crippen molar-refractivity contribution in [2.75, 3.05) is 5.32 Å². The molecule has 0 aliphatic heterocycles. The van der Waals surface area contributed by atoms with Crippen LogP contribution in [0, 0.1) is 6.92 Å². The van der Waals surface area contributed by atoms with E-state index in [4.69, 9.17) is 34.3 Å². The number of amidine groups is 1. The van der Waals surface area contributed by atoms with Gasteiger partial charge in [-0.05, 0) is 78.2 Å². The SMILES string of the molecule is Cc1cc(Nc2nc(Cl)nc(Cl)n2)ccc1N=Nc1ccc(C(N)=[NH2+])cc1.[Cl-]. The Morgan fingerprint density at radius 2 is 1.64 bits per heavy atom. The lowest BCUT2D eigenvalue weighted by atomic mass is 10.2. The number of aromatic nitrogens is 3. The summed E-state index contributed by atoms with van der Waals surface area (Å²) in [6.07, 6.45) is 0. The predicted molar refractivity (Wildman–Crippen MR) is 105 cm³/mol. The van der Waals surface area contributed by atoms with Crippen LogP contribution in [-0.4, -0.2) is 20.8 Å². The fourth-order valence-electron chi connectivity index (χ4n) is 2.19. The summed E-state index contributed by atoms with van der Waals surface area (Å²) in [6, 6.07) is 12.7. The molecule has 2 aromatic carbocycles. The molecule has 28 heavy (non-hydrogen) atoms. The molecule has 0 aliphatic carbocycles. The third-order valence-corrected chi connectivity index (χ3v) is 3.85. The molecule has 1 heterocycles. The molecule has 0 spiro atoms. The van der Waals surface area contributed by atoms with Gasteiger partial charge in [-0.15, -0.1) is 0 Å². The Kier molecular flexibility index (Phi) is 7.22. The van der Waals surface area contributed by atoms with Gasteiger partial charge in [-0.2, -0.15) is 25.2 Å². The normalized spacial score (nSPS) is 10.5. The summed E-state index contributed by atoms with van der Waals surface area (Å²) in [5.41, 5.74) is 9.37. The largest absolute Gasteiger partial charge is 1.00 e. The second-order valence-electron chi connectivity index (χ2n) is 5.53. The molecular formula is C17H15Cl3N8. The van der Waals surface area contributed by atoms with Crippen LogP contribution < -0.4 is 28.9 Å². The van der Waals surface area contributed by atoms with Gasteiger partial charge in [-0.25, -0.2) is 0 Å². The first-order chi connectivity index (χ1) is 12.9. The quantitative estimate of drug-likeness (QED) is 0.297. The van der Waals surface area contributed by atoms with Gasteiger partial charge in [0.15, 0.2) is 0 Å². The number of hydrogen-bond donors (Lipinski definition) is 3. The fraction of sp³-hybridized carbons (Fsp3) is 0.0588. The van der Waals surface area contributed by atoms with Crippen molar-refractivity contribution in [3.8, 4) is 0 Å². The number of azo groups is 1. The zero-order valence-electron chi connectivity index (χ0n) is 14.6. The molecule has 0 radical (unpaired) electrons. The second kappa shape index (κ2) is 9.41. The van der Waals surface area contributed by atoms with E-state index in [1.165, 1.54) is 0 Å². The summed E-state index contributed by atoms with van der Waals surface area (Å²) in [4.78, 5) is 11.6. The summed E-state index contributed by atoms with van der Waals surface area (Å²) < 4.78 is 0. The van der Waals surface area contributed by atoms with Gasteiger partial charge in [0.1, 0.15) is 0 Å². The lowest BCUT2D eigenvalue weighted by molar-refractivity contribution is -0.114. The van der Waals surface area contributed by atoms with Crippen LogP contribution in [0.15, 0.2) is 52.7 Å². The number of nitrogens with one attached hydrogen (secondary N) is 1. The van der Waals surface area contributed by atoms with Crippen LogP contribution in [0.4, 0.5) is 23.0 Å². The number of hydrogen-bond acceptors (Lipinski definition) is 6. The van der Waals surface area contributed by atoms with Crippen molar-refractivity contribution in [1.82, 2.24) is 15.0 Å². The standard InChI is InChI=1S/C17H14Cl2N8.ClH/c1-9-8-12(22-17-24-15(18)23-16(19)25-17)6-7-13(9)27-26-11-4-2-10(3-5-11)14(20)21;/h2-8H,1H3,(H3,20,21)(H,22,23,24,25);1H. The van der Waals surface area contributed by atoms with Crippen LogP contribution >= 0.6 is 23.2 Å². The molecule has 0 aliphatic rings. The van der Waals surface area contributed by atoms with Gasteiger partial charge in [-0.3, -0.25) is 11.1 Å². The molecule has 11 heteroatoms. The van der Waals surface area contributed by atoms with Crippen molar-refractivity contribution in [2.45, 2.75) is 6.92 Å². The molecular weight excluding hydrogens is 423 g/mol. The zero-order chi connectivity index (χ0) is 19.4. The van der Waals surface area contributed by atoms with E-state index in [1.807, 2.05) is 25.1 Å². The maximum atomic E-state index is 5.77. The van der Waals surface area contributed by atoms with Crippen molar-refractivity contribution in [3.63, 3.8) is 0 Å². The molecule has 0 unspecified atom stereocenters. The number of nitrogens with zero attached hydrogens (tertiary/aromatic N) is 5. The van der Waals surface area contributed by atoms with E-state index in [-0.39, 0.29) is 34.8 Å². The minimum absolute atomic E-state index is 0. The second-order valence-corrected chi connectivity index (χ2v) is 6.20. The van der Waals surface area contributed by atoms with Crippen molar-refractivity contribution in [2.24, 2.45) is 16.0 Å². The Balaban J connectivity index is 0.00000280. The third kappa shape index (κ3) is 5.59. The van der Waals surface area contributed by atoms with E-state index in [0.717, 1.165) is 22.5 Å². The molecule has 0 saturated heterocycles. The summed E-state index contributed by atoms with van der Waals surface area (Å²) in [5.74, 6) is 0.517. The molecule has 0 amide bonds. The predicted octanol–water partition coefficient (Wildman–Crippen LogP) is 0.114. The van der Waals surface area contributed by atoms with Gasteiger partial charge in [0, 0.05) is 5.69 Å². The number of anilines is 2. The van der Waals surface area contributed by atoms with E-state index in [0.29, 0.717) is 5.69 Å². The van der Waals surface area contributed by atoms with Crippen LogP contribution in [0.1, 0.15) is 11.1 Å². The Morgan fingerprint density at radius 1 is 1.00 bits per heavy atom. The highest BCUT2D eigenvalue weighted by Gasteiger charge is 2.06. The molecule has 8 nitrogen and oxygen atoms in total. The molecule has 0 bridgehead atoms. The van der Waals surface area contributed by atoms with E-state index in [1.54, 1.807) is 24.3 Å². The van der Waals surface area contributed by atoms with Gasteiger partial charge in [0.25, 0.3) is 5.84 Å². The van der Waals surface area contributed by atoms with Crippen LogP contribution in [0.3, 0.4) is 0 Å². The molecule has 1 aromatic heterocycles. The van der Waals surface area contributed by atoms with E-state index in [2.05, 4.69) is 30.5 Å². The monoisotopic (exact) mass is 436 g/mol. The van der Waals surface area contributed by atoms with Crippen molar-refractivity contribution in [3.05, 3.63) is 64.2 Å². The highest BCUT2D eigenvalue weighted by Crippen LogP contribution is 2.26. The number of benzene rings is 2. The van der Waals surface area contributed by atoms with Gasteiger partial charge in [0.2, 0.25) is 16.5 Å². The molecule has 5 N–H and O–H groups in total. The summed E-state index contributed by atoms with van der Waals surface area (Å²) >= 11 is 11.5. The molecule has 144 valence electrons. The topological polar surface area (TPSA) is 127 Å². The van der Waals surface area contributed by atoms with Crippen LogP contribution in [0.2, 0.25) is 10.6 Å². The first-order valence-corrected chi connectivity index (χ1v) is 8.51. The Bertz CT molecular complexity index is 1000. The molecule has 0 saturated carbocycles. The lowest BCUT2D eigenvalue weighted by Gasteiger charge is -2.07. The highest BCUT2D eigenvalue weighted by atomic mass is 35.5. The number of halogens is 3. The van der Waals surface area contributed by atoms with E-state index >= 15 is 0 Å². The zero-order valence-corrected chi connectivity index (χ0v) is 16.8. The van der Waals surface area contributed by atoms with Crippen LogP contribution in [-0.2, 0) is 0 Å². The molecule has 3 aromatic rings. The van der Waals surface area contributed by atoms with Gasteiger partial charge in [-0.1, -0.05) is 0 Å². The fourth-order valence-corrected chi connectivity index (χ4v) is 2.55. The first-order valence-electron chi connectivity index (χ1n) is 7.75. The minimum atomic E-state index is 0.